The Morgan fingerprint density at radius 3 is 2.83 bits per heavy atom. The minimum atomic E-state index is -0.0178. The fourth-order valence-electron chi connectivity index (χ4n) is 7.21. The molecule has 18 heavy (non-hydrogen) atoms. The van der Waals surface area contributed by atoms with Gasteiger partial charge >= 0.3 is 5.97 Å². The van der Waals surface area contributed by atoms with Gasteiger partial charge in [0, 0.05) is 0 Å². The van der Waals surface area contributed by atoms with Gasteiger partial charge in [-0.05, 0) is 73.5 Å². The summed E-state index contributed by atoms with van der Waals surface area (Å²) in [6, 6.07) is 0. The van der Waals surface area contributed by atoms with Gasteiger partial charge in [0.05, 0.1) is 12.0 Å². The highest BCUT2D eigenvalue weighted by atomic mass is 16.5. The fourth-order valence-corrected chi connectivity index (χ4v) is 7.21. The lowest BCUT2D eigenvalue weighted by atomic mass is 9.59. The van der Waals surface area contributed by atoms with Crippen molar-refractivity contribution >= 4 is 5.97 Å². The number of ether oxygens (including phenoxy) is 1. The molecule has 0 aromatic heterocycles. The second kappa shape index (κ2) is 2.96. The lowest BCUT2D eigenvalue weighted by Gasteiger charge is -2.44. The van der Waals surface area contributed by atoms with Gasteiger partial charge in [-0.3, -0.25) is 4.79 Å². The summed E-state index contributed by atoms with van der Waals surface area (Å²) in [6.07, 6.45) is 6.52. The first-order valence-corrected chi connectivity index (χ1v) is 7.88. The minimum Gasteiger partial charge on any atom is -0.465 e. The fraction of sp³-hybridized carbons (Fsp3) is 0.938. The molecule has 2 nitrogen and oxygen atoms in total. The zero-order chi connectivity index (χ0) is 12.1. The monoisotopic (exact) mass is 246 g/mol. The molecule has 7 unspecified atom stereocenters. The first-order chi connectivity index (χ1) is 8.71. The largest absolute Gasteiger partial charge is 0.465 e. The predicted octanol–water partition coefficient (Wildman–Crippen LogP) is 2.87. The van der Waals surface area contributed by atoms with Gasteiger partial charge in [-0.25, -0.2) is 0 Å². The van der Waals surface area contributed by atoms with E-state index >= 15 is 0 Å². The van der Waals surface area contributed by atoms with Gasteiger partial charge in [0.15, 0.2) is 0 Å². The molecular weight excluding hydrogens is 224 g/mol. The highest BCUT2D eigenvalue weighted by Crippen LogP contribution is 2.74. The van der Waals surface area contributed by atoms with E-state index in [4.69, 9.17) is 4.74 Å². The average Bonchev–Trinajstić information content (AvgIpc) is 3.05. The molecule has 2 heteroatoms. The normalized spacial score (nSPS) is 63.8. The number of rotatable bonds is 0. The summed E-state index contributed by atoms with van der Waals surface area (Å²) < 4.78 is 5.36. The Hall–Kier alpha value is -0.530. The molecule has 5 rings (SSSR count). The Balaban J connectivity index is 1.57. The smallest absolute Gasteiger partial charge is 0.312 e. The lowest BCUT2D eigenvalue weighted by Crippen LogP contribution is -2.43. The van der Waals surface area contributed by atoms with Gasteiger partial charge in [0.25, 0.3) is 0 Å². The van der Waals surface area contributed by atoms with Crippen LogP contribution >= 0.6 is 0 Å². The van der Waals surface area contributed by atoms with E-state index < -0.39 is 0 Å². The third-order valence-corrected chi connectivity index (χ3v) is 7.55. The van der Waals surface area contributed by atoms with Crippen LogP contribution in [-0.2, 0) is 9.53 Å². The van der Waals surface area contributed by atoms with Crippen LogP contribution in [0.5, 0.6) is 0 Å². The number of fused-ring (bicyclic) bond motifs is 10. The molecule has 4 bridgehead atoms. The molecule has 1 spiro atoms. The van der Waals surface area contributed by atoms with Crippen molar-refractivity contribution in [3.05, 3.63) is 0 Å². The number of cyclic esters (lactones) is 1. The maximum Gasteiger partial charge on any atom is 0.312 e. The zero-order valence-corrected chi connectivity index (χ0v) is 11.1. The number of hydrogen-bond donors (Lipinski definition) is 0. The van der Waals surface area contributed by atoms with Gasteiger partial charge in [-0.1, -0.05) is 6.92 Å². The molecule has 4 aliphatic carbocycles. The lowest BCUT2D eigenvalue weighted by molar-refractivity contribution is -0.151. The van der Waals surface area contributed by atoms with E-state index in [0.29, 0.717) is 12.5 Å². The third-order valence-electron chi connectivity index (χ3n) is 7.55. The molecular formula is C16H22O2. The van der Waals surface area contributed by atoms with Crippen molar-refractivity contribution < 1.29 is 9.53 Å². The predicted molar refractivity (Wildman–Crippen MR) is 66.6 cm³/mol. The highest BCUT2D eigenvalue weighted by Gasteiger charge is 2.71. The maximum absolute atomic E-state index is 12.2. The molecule has 0 amide bonds. The Morgan fingerprint density at radius 1 is 1.17 bits per heavy atom. The van der Waals surface area contributed by atoms with E-state index in [1.165, 1.54) is 25.7 Å². The molecule has 8 atom stereocenters. The molecule has 5 fully saturated rings. The van der Waals surface area contributed by atoms with Crippen molar-refractivity contribution in [2.75, 3.05) is 6.61 Å². The summed E-state index contributed by atoms with van der Waals surface area (Å²) in [5.74, 6) is 6.50. The number of carbonyl (C=O) groups excluding carboxylic acids is 1. The SMILES string of the molecule is CC1CC2C[C@@H]1C1C2C2CC1C1(CCOC1=O)C2. The average molecular weight is 246 g/mol. The van der Waals surface area contributed by atoms with Gasteiger partial charge in [0.1, 0.15) is 0 Å². The summed E-state index contributed by atoms with van der Waals surface area (Å²) in [5, 5.41) is 0. The first kappa shape index (κ1) is 10.3. The molecule has 98 valence electrons. The van der Waals surface area contributed by atoms with E-state index in [0.717, 1.165) is 41.9 Å². The van der Waals surface area contributed by atoms with Crippen LogP contribution in [0, 0.1) is 46.8 Å². The molecule has 4 saturated carbocycles. The molecule has 1 heterocycles. The summed E-state index contributed by atoms with van der Waals surface area (Å²) in [5.41, 5.74) is -0.0178. The van der Waals surface area contributed by atoms with Crippen molar-refractivity contribution in [3.63, 3.8) is 0 Å². The van der Waals surface area contributed by atoms with Gasteiger partial charge < -0.3 is 4.74 Å². The quantitative estimate of drug-likeness (QED) is 0.485. The molecule has 0 N–H and O–H groups in total. The highest BCUT2D eigenvalue weighted by molar-refractivity contribution is 5.80. The zero-order valence-electron chi connectivity index (χ0n) is 11.1. The van der Waals surface area contributed by atoms with Gasteiger partial charge in [-0.15, -0.1) is 0 Å². The van der Waals surface area contributed by atoms with E-state index in [1.54, 1.807) is 0 Å². The molecule has 0 aromatic carbocycles. The second-order valence-electron chi connectivity index (χ2n) is 7.88. The Morgan fingerprint density at radius 2 is 2.06 bits per heavy atom. The van der Waals surface area contributed by atoms with Crippen LogP contribution in [0.3, 0.4) is 0 Å². The van der Waals surface area contributed by atoms with Crippen molar-refractivity contribution in [2.45, 2.75) is 39.0 Å². The van der Waals surface area contributed by atoms with Gasteiger partial charge in [-0.2, -0.15) is 0 Å². The third kappa shape index (κ3) is 0.916. The topological polar surface area (TPSA) is 26.3 Å². The van der Waals surface area contributed by atoms with Crippen molar-refractivity contribution in [2.24, 2.45) is 46.8 Å². The van der Waals surface area contributed by atoms with Crippen LogP contribution in [0.1, 0.15) is 39.0 Å². The second-order valence-corrected chi connectivity index (χ2v) is 7.88. The first-order valence-electron chi connectivity index (χ1n) is 7.88. The Bertz CT molecular complexity index is 431. The maximum atomic E-state index is 12.2. The summed E-state index contributed by atoms with van der Waals surface area (Å²) in [6.45, 7) is 3.15. The van der Waals surface area contributed by atoms with Crippen molar-refractivity contribution in [3.8, 4) is 0 Å². The summed E-state index contributed by atoms with van der Waals surface area (Å²) in [4.78, 5) is 12.2. The number of hydrogen-bond acceptors (Lipinski definition) is 2. The van der Waals surface area contributed by atoms with Crippen LogP contribution in [0.2, 0.25) is 0 Å². The minimum absolute atomic E-state index is 0.0178. The van der Waals surface area contributed by atoms with Crippen LogP contribution in [0.15, 0.2) is 0 Å². The van der Waals surface area contributed by atoms with E-state index in [-0.39, 0.29) is 11.4 Å². The van der Waals surface area contributed by atoms with Crippen LogP contribution in [-0.4, -0.2) is 12.6 Å². The van der Waals surface area contributed by atoms with E-state index in [1.807, 2.05) is 0 Å². The molecule has 1 saturated heterocycles. The molecule has 0 aromatic rings. The summed E-state index contributed by atoms with van der Waals surface area (Å²) >= 11 is 0. The molecule has 5 aliphatic rings. The van der Waals surface area contributed by atoms with Crippen LogP contribution in [0.25, 0.3) is 0 Å². The number of esters is 1. The Kier molecular flexibility index (Phi) is 1.69. The number of carbonyl (C=O) groups is 1. The van der Waals surface area contributed by atoms with E-state index in [2.05, 4.69) is 6.92 Å². The van der Waals surface area contributed by atoms with Crippen LogP contribution < -0.4 is 0 Å². The molecule has 0 radical (unpaired) electrons. The molecule has 1 aliphatic heterocycles. The van der Waals surface area contributed by atoms with Gasteiger partial charge in [0.2, 0.25) is 0 Å². The van der Waals surface area contributed by atoms with E-state index in [9.17, 15) is 4.79 Å². The van der Waals surface area contributed by atoms with Crippen LogP contribution in [0.4, 0.5) is 0 Å². The Labute approximate surface area is 108 Å². The van der Waals surface area contributed by atoms with Crippen molar-refractivity contribution in [1.29, 1.82) is 0 Å². The van der Waals surface area contributed by atoms with Crippen molar-refractivity contribution in [1.82, 2.24) is 0 Å². The summed E-state index contributed by atoms with van der Waals surface area (Å²) in [7, 11) is 0. The standard InChI is InChI=1S/C16H22O2/c1-8-4-9-5-11(8)14-12-6-10(13(9)14)7-16(12)2-3-18-15(16)17/h8-14H,2-7H2,1H3/t8?,9?,10?,11-,12?,13?,14?,16?/m0/s1.